The fraction of sp³-hybridized carbons (Fsp3) is 0.0769. The molecule has 0 aliphatic heterocycles. The minimum atomic E-state index is -4.11. The summed E-state index contributed by atoms with van der Waals surface area (Å²) in [7, 11) is -4.11. The third-order valence-corrected chi connectivity index (χ3v) is 4.47. The van der Waals surface area contributed by atoms with Gasteiger partial charge in [-0.25, -0.2) is 8.42 Å². The SMILES string of the molecule is Cc1ccc(Cl)cc1NS(=O)(=O)c1ccc(F)c([N+](=O)[O-])c1. The summed E-state index contributed by atoms with van der Waals surface area (Å²) in [5, 5.41) is 11.0. The van der Waals surface area contributed by atoms with Crippen molar-refractivity contribution < 1.29 is 17.7 Å². The Morgan fingerprint density at radius 3 is 2.55 bits per heavy atom. The number of nitro groups is 1. The average Bonchev–Trinajstić information content (AvgIpc) is 2.42. The van der Waals surface area contributed by atoms with Crippen LogP contribution in [0, 0.1) is 22.9 Å². The number of benzene rings is 2. The van der Waals surface area contributed by atoms with E-state index in [1.165, 1.54) is 6.07 Å². The molecule has 1 N–H and O–H groups in total. The van der Waals surface area contributed by atoms with E-state index in [0.29, 0.717) is 16.7 Å². The van der Waals surface area contributed by atoms with Gasteiger partial charge in [0, 0.05) is 11.1 Å². The molecule has 0 saturated carbocycles. The molecule has 0 aromatic heterocycles. The molecular weight excluding hydrogens is 335 g/mol. The first-order valence-electron chi connectivity index (χ1n) is 5.93. The smallest absolute Gasteiger partial charge is 0.279 e. The number of sulfonamides is 1. The van der Waals surface area contributed by atoms with Crippen LogP contribution >= 0.6 is 11.6 Å². The first-order valence-corrected chi connectivity index (χ1v) is 7.80. The quantitative estimate of drug-likeness (QED) is 0.679. The van der Waals surface area contributed by atoms with Gasteiger partial charge in [0.25, 0.3) is 10.0 Å². The first kappa shape index (κ1) is 16.2. The van der Waals surface area contributed by atoms with Crippen LogP contribution < -0.4 is 4.72 Å². The fourth-order valence-corrected chi connectivity index (χ4v) is 3.02. The number of anilines is 1. The van der Waals surface area contributed by atoms with Crippen LogP contribution in [-0.2, 0) is 10.0 Å². The monoisotopic (exact) mass is 344 g/mol. The highest BCUT2D eigenvalue weighted by atomic mass is 35.5. The van der Waals surface area contributed by atoms with Gasteiger partial charge < -0.3 is 0 Å². The van der Waals surface area contributed by atoms with Gasteiger partial charge in [0.2, 0.25) is 5.82 Å². The third kappa shape index (κ3) is 3.34. The van der Waals surface area contributed by atoms with Crippen LogP contribution in [0.15, 0.2) is 41.3 Å². The lowest BCUT2D eigenvalue weighted by Gasteiger charge is -2.11. The van der Waals surface area contributed by atoms with Crippen molar-refractivity contribution in [2.45, 2.75) is 11.8 Å². The van der Waals surface area contributed by atoms with Crippen LogP contribution in [0.4, 0.5) is 15.8 Å². The molecule has 0 aliphatic carbocycles. The minimum absolute atomic E-state index is 0.236. The second-order valence-corrected chi connectivity index (χ2v) is 6.55. The number of hydrogen-bond acceptors (Lipinski definition) is 4. The zero-order valence-corrected chi connectivity index (χ0v) is 12.8. The Hall–Kier alpha value is -2.19. The lowest BCUT2D eigenvalue weighted by atomic mass is 10.2. The van der Waals surface area contributed by atoms with Crippen LogP contribution in [0.25, 0.3) is 0 Å². The highest BCUT2D eigenvalue weighted by molar-refractivity contribution is 7.92. The summed E-state index contributed by atoms with van der Waals surface area (Å²) >= 11 is 5.81. The second-order valence-electron chi connectivity index (χ2n) is 4.44. The van der Waals surface area contributed by atoms with Gasteiger partial charge in [-0.1, -0.05) is 17.7 Å². The van der Waals surface area contributed by atoms with Gasteiger partial charge in [-0.3, -0.25) is 14.8 Å². The summed E-state index contributed by atoms with van der Waals surface area (Å²) < 4.78 is 40.1. The van der Waals surface area contributed by atoms with Gasteiger partial charge in [-0.15, -0.1) is 0 Å². The number of nitrogens with one attached hydrogen (secondary N) is 1. The molecule has 2 rings (SSSR count). The third-order valence-electron chi connectivity index (χ3n) is 2.87. The summed E-state index contributed by atoms with van der Waals surface area (Å²) in [5.74, 6) is -1.11. The molecule has 6 nitrogen and oxygen atoms in total. The molecule has 0 amide bonds. The summed E-state index contributed by atoms with van der Waals surface area (Å²) in [4.78, 5) is 9.29. The Balaban J connectivity index is 2.45. The maximum absolute atomic E-state index is 13.3. The molecule has 0 unspecified atom stereocenters. The molecule has 0 aliphatic rings. The van der Waals surface area contributed by atoms with Crippen LogP contribution in [0.2, 0.25) is 5.02 Å². The number of hydrogen-bond donors (Lipinski definition) is 1. The van der Waals surface area contributed by atoms with Crippen molar-refractivity contribution in [2.24, 2.45) is 0 Å². The Bertz CT molecular complexity index is 855. The molecule has 0 bridgehead atoms. The minimum Gasteiger partial charge on any atom is -0.279 e. The predicted molar refractivity (Wildman–Crippen MR) is 80.1 cm³/mol. The topological polar surface area (TPSA) is 89.3 Å². The van der Waals surface area contributed by atoms with E-state index in [9.17, 15) is 22.9 Å². The van der Waals surface area contributed by atoms with Crippen molar-refractivity contribution >= 4 is 33.0 Å². The van der Waals surface area contributed by atoms with Crippen LogP contribution in [0.3, 0.4) is 0 Å². The second kappa shape index (κ2) is 5.90. The van der Waals surface area contributed by atoms with Crippen LogP contribution in [0.5, 0.6) is 0 Å². The molecule has 0 atom stereocenters. The molecule has 0 spiro atoms. The van der Waals surface area contributed by atoms with Gasteiger partial charge in [0.15, 0.2) is 0 Å². The van der Waals surface area contributed by atoms with E-state index >= 15 is 0 Å². The van der Waals surface area contributed by atoms with Gasteiger partial charge in [-0.05, 0) is 36.8 Å². The summed E-state index contributed by atoms with van der Waals surface area (Å²) in [6.07, 6.45) is 0. The normalized spacial score (nSPS) is 11.2. The Kier molecular flexibility index (Phi) is 4.34. The molecule has 22 heavy (non-hydrogen) atoms. The number of nitrogens with zero attached hydrogens (tertiary/aromatic N) is 1. The number of aryl methyl sites for hydroxylation is 1. The van der Waals surface area contributed by atoms with E-state index in [4.69, 9.17) is 11.6 Å². The van der Waals surface area contributed by atoms with E-state index in [1.54, 1.807) is 19.1 Å². The lowest BCUT2D eigenvalue weighted by Crippen LogP contribution is -2.14. The van der Waals surface area contributed by atoms with Crippen LogP contribution in [0.1, 0.15) is 5.56 Å². The lowest BCUT2D eigenvalue weighted by molar-refractivity contribution is -0.387. The molecule has 9 heteroatoms. The van der Waals surface area contributed by atoms with E-state index in [-0.39, 0.29) is 5.69 Å². The Morgan fingerprint density at radius 2 is 1.91 bits per heavy atom. The number of nitro benzene ring substituents is 1. The van der Waals surface area contributed by atoms with Crippen molar-refractivity contribution in [3.8, 4) is 0 Å². The standard InChI is InChI=1S/C13H10ClFN2O4S/c1-8-2-3-9(14)6-12(8)16-22(20,21)10-4-5-11(15)13(7-10)17(18)19/h2-7,16H,1H3. The van der Waals surface area contributed by atoms with Crippen molar-refractivity contribution in [2.75, 3.05) is 4.72 Å². The van der Waals surface area contributed by atoms with E-state index in [2.05, 4.69) is 4.72 Å². The Labute approximate surface area is 130 Å². The molecule has 2 aromatic rings. The number of halogens is 2. The average molecular weight is 345 g/mol. The summed E-state index contributed by atoms with van der Waals surface area (Å²) in [6, 6.07) is 6.97. The van der Waals surface area contributed by atoms with Gasteiger partial charge in [0.05, 0.1) is 15.5 Å². The summed E-state index contributed by atoms with van der Waals surface area (Å²) in [6.45, 7) is 1.67. The molecule has 116 valence electrons. The largest absolute Gasteiger partial charge is 0.306 e. The summed E-state index contributed by atoms with van der Waals surface area (Å²) in [5.41, 5.74) is -0.0604. The molecule has 0 saturated heterocycles. The first-order chi connectivity index (χ1) is 10.2. The Morgan fingerprint density at radius 1 is 1.23 bits per heavy atom. The molecule has 2 aromatic carbocycles. The van der Waals surface area contributed by atoms with Gasteiger partial charge >= 0.3 is 5.69 Å². The van der Waals surface area contributed by atoms with Gasteiger partial charge in [0.1, 0.15) is 0 Å². The molecule has 0 fully saturated rings. The van der Waals surface area contributed by atoms with E-state index in [0.717, 1.165) is 12.1 Å². The fourth-order valence-electron chi connectivity index (χ4n) is 1.71. The molecular formula is C13H10ClFN2O4S. The predicted octanol–water partition coefficient (Wildman–Crippen LogP) is 3.50. The molecule has 0 radical (unpaired) electrons. The van der Waals surface area contributed by atoms with Crippen molar-refractivity contribution in [3.05, 3.63) is 62.9 Å². The maximum atomic E-state index is 13.3. The maximum Gasteiger partial charge on any atom is 0.306 e. The highest BCUT2D eigenvalue weighted by Gasteiger charge is 2.22. The van der Waals surface area contributed by atoms with Gasteiger partial charge in [-0.2, -0.15) is 4.39 Å². The van der Waals surface area contributed by atoms with Crippen molar-refractivity contribution in [1.82, 2.24) is 0 Å². The van der Waals surface area contributed by atoms with E-state index < -0.39 is 31.3 Å². The molecule has 0 heterocycles. The van der Waals surface area contributed by atoms with E-state index in [1.807, 2.05) is 0 Å². The highest BCUT2D eigenvalue weighted by Crippen LogP contribution is 2.26. The zero-order valence-electron chi connectivity index (χ0n) is 11.2. The zero-order chi connectivity index (χ0) is 16.5. The van der Waals surface area contributed by atoms with Crippen LogP contribution in [-0.4, -0.2) is 13.3 Å². The van der Waals surface area contributed by atoms with Crippen molar-refractivity contribution in [3.63, 3.8) is 0 Å². The van der Waals surface area contributed by atoms with Crippen molar-refractivity contribution in [1.29, 1.82) is 0 Å². The number of rotatable bonds is 4.